The van der Waals surface area contributed by atoms with Gasteiger partial charge in [-0.25, -0.2) is 4.39 Å². The van der Waals surface area contributed by atoms with E-state index in [1.807, 2.05) is 0 Å². The number of carbonyl (C=O) groups is 1. The van der Waals surface area contributed by atoms with E-state index in [9.17, 15) is 14.4 Å². The molecule has 0 bridgehead atoms. The number of nitriles is 1. The molecule has 0 heterocycles. The van der Waals surface area contributed by atoms with Crippen LogP contribution in [0.1, 0.15) is 54.9 Å². The van der Waals surface area contributed by atoms with Gasteiger partial charge in [-0.05, 0) is 62.3 Å². The van der Waals surface area contributed by atoms with E-state index in [0.29, 0.717) is 24.3 Å². The smallest absolute Gasteiger partial charge is 0.252 e. The van der Waals surface area contributed by atoms with Crippen molar-refractivity contribution in [2.24, 2.45) is 5.92 Å². The van der Waals surface area contributed by atoms with E-state index in [0.717, 1.165) is 19.3 Å². The summed E-state index contributed by atoms with van der Waals surface area (Å²) in [4.78, 5) is 12.3. The lowest BCUT2D eigenvalue weighted by molar-refractivity contribution is 0.0890. The SMILES string of the molecule is CCC1CCC(C#N)(NC(=O)c2cc(C)cc(F)c2)CC1. The highest BCUT2D eigenvalue weighted by atomic mass is 19.1. The molecule has 0 unspecified atom stereocenters. The summed E-state index contributed by atoms with van der Waals surface area (Å²) in [6.45, 7) is 3.89. The molecule has 1 aliphatic carbocycles. The van der Waals surface area contributed by atoms with Crippen molar-refractivity contribution in [2.75, 3.05) is 0 Å². The summed E-state index contributed by atoms with van der Waals surface area (Å²) < 4.78 is 13.4. The lowest BCUT2D eigenvalue weighted by Gasteiger charge is -2.35. The topological polar surface area (TPSA) is 52.9 Å². The average Bonchev–Trinajstić information content (AvgIpc) is 2.47. The van der Waals surface area contributed by atoms with E-state index in [1.54, 1.807) is 13.0 Å². The van der Waals surface area contributed by atoms with Gasteiger partial charge in [0.05, 0.1) is 6.07 Å². The lowest BCUT2D eigenvalue weighted by atomic mass is 9.76. The van der Waals surface area contributed by atoms with Crippen LogP contribution in [-0.4, -0.2) is 11.4 Å². The minimum Gasteiger partial charge on any atom is -0.334 e. The molecule has 21 heavy (non-hydrogen) atoms. The van der Waals surface area contributed by atoms with Crippen LogP contribution in [0.4, 0.5) is 4.39 Å². The third kappa shape index (κ3) is 3.60. The molecule has 1 amide bonds. The zero-order valence-corrected chi connectivity index (χ0v) is 12.6. The Balaban J connectivity index is 2.12. The van der Waals surface area contributed by atoms with Crippen molar-refractivity contribution in [3.8, 4) is 6.07 Å². The van der Waals surface area contributed by atoms with Crippen LogP contribution in [0, 0.1) is 30.0 Å². The second kappa shape index (κ2) is 6.26. The number of nitrogens with one attached hydrogen (secondary N) is 1. The molecular formula is C17H21FN2O. The Morgan fingerprint density at radius 2 is 2.10 bits per heavy atom. The maximum Gasteiger partial charge on any atom is 0.252 e. The fourth-order valence-electron chi connectivity index (χ4n) is 3.00. The highest BCUT2D eigenvalue weighted by Crippen LogP contribution is 2.33. The Kier molecular flexibility index (Phi) is 4.62. The minimum atomic E-state index is -0.803. The number of aryl methyl sites for hydroxylation is 1. The van der Waals surface area contributed by atoms with E-state index in [1.165, 1.54) is 12.1 Å². The first-order valence-corrected chi connectivity index (χ1v) is 7.49. The molecule has 1 aromatic rings. The van der Waals surface area contributed by atoms with Gasteiger partial charge in [-0.1, -0.05) is 13.3 Å². The van der Waals surface area contributed by atoms with Gasteiger partial charge in [0.2, 0.25) is 0 Å². The second-order valence-electron chi connectivity index (χ2n) is 6.02. The van der Waals surface area contributed by atoms with Crippen molar-refractivity contribution in [1.29, 1.82) is 5.26 Å². The molecule has 0 radical (unpaired) electrons. The van der Waals surface area contributed by atoms with Crippen molar-refractivity contribution in [2.45, 2.75) is 51.5 Å². The van der Waals surface area contributed by atoms with E-state index in [-0.39, 0.29) is 11.5 Å². The van der Waals surface area contributed by atoms with Crippen LogP contribution in [0.3, 0.4) is 0 Å². The normalized spacial score (nSPS) is 25.1. The lowest BCUT2D eigenvalue weighted by Crippen LogP contribution is -2.49. The summed E-state index contributed by atoms with van der Waals surface area (Å²) in [5.41, 5.74) is 0.170. The predicted molar refractivity (Wildman–Crippen MR) is 79.2 cm³/mol. The number of carbonyl (C=O) groups excluding carboxylic acids is 1. The average molecular weight is 288 g/mol. The standard InChI is InChI=1S/C17H21FN2O/c1-3-13-4-6-17(11-19,7-5-13)20-16(21)14-8-12(2)9-15(18)10-14/h8-10,13H,3-7H2,1-2H3,(H,20,21). The molecule has 1 aromatic carbocycles. The van der Waals surface area contributed by atoms with E-state index < -0.39 is 11.4 Å². The van der Waals surface area contributed by atoms with Crippen molar-refractivity contribution in [3.63, 3.8) is 0 Å². The van der Waals surface area contributed by atoms with Crippen LogP contribution >= 0.6 is 0 Å². The number of hydrogen-bond donors (Lipinski definition) is 1. The van der Waals surface area contributed by atoms with E-state index in [4.69, 9.17) is 0 Å². The Hall–Kier alpha value is -1.89. The van der Waals surface area contributed by atoms with E-state index in [2.05, 4.69) is 18.3 Å². The number of halogens is 1. The summed E-state index contributed by atoms with van der Waals surface area (Å²) in [5, 5.41) is 12.3. The maximum absolute atomic E-state index is 13.4. The van der Waals surface area contributed by atoms with Crippen molar-refractivity contribution < 1.29 is 9.18 Å². The molecular weight excluding hydrogens is 267 g/mol. The Labute approximate surface area is 125 Å². The van der Waals surface area contributed by atoms with Crippen LogP contribution < -0.4 is 5.32 Å². The third-order valence-electron chi connectivity index (χ3n) is 4.41. The molecule has 3 nitrogen and oxygen atoms in total. The second-order valence-corrected chi connectivity index (χ2v) is 6.02. The fourth-order valence-corrected chi connectivity index (χ4v) is 3.00. The van der Waals surface area contributed by atoms with Crippen molar-refractivity contribution in [3.05, 3.63) is 35.1 Å². The quantitative estimate of drug-likeness (QED) is 0.921. The van der Waals surface area contributed by atoms with Gasteiger partial charge in [0.15, 0.2) is 0 Å². The maximum atomic E-state index is 13.4. The molecule has 0 aliphatic heterocycles. The molecule has 1 fully saturated rings. The molecule has 112 valence electrons. The van der Waals surface area contributed by atoms with Gasteiger partial charge < -0.3 is 5.32 Å². The van der Waals surface area contributed by atoms with Crippen LogP contribution in [0.25, 0.3) is 0 Å². The van der Waals surface area contributed by atoms with Gasteiger partial charge in [-0.2, -0.15) is 5.26 Å². The first-order valence-electron chi connectivity index (χ1n) is 7.49. The summed E-state index contributed by atoms with van der Waals surface area (Å²) in [6.07, 6.45) is 4.35. The van der Waals surface area contributed by atoms with Crippen LogP contribution in [-0.2, 0) is 0 Å². The molecule has 0 aromatic heterocycles. The first-order chi connectivity index (χ1) is 9.98. The summed E-state index contributed by atoms with van der Waals surface area (Å²) in [7, 11) is 0. The predicted octanol–water partition coefficient (Wildman–Crippen LogP) is 3.73. The number of benzene rings is 1. The Morgan fingerprint density at radius 1 is 1.43 bits per heavy atom. The Bertz CT molecular complexity index is 548. The van der Waals surface area contributed by atoms with Gasteiger partial charge in [0, 0.05) is 5.56 Å². The molecule has 4 heteroatoms. The highest BCUT2D eigenvalue weighted by molar-refractivity contribution is 5.95. The first kappa shape index (κ1) is 15.5. The number of nitrogens with zero attached hydrogens (tertiary/aromatic N) is 1. The molecule has 0 atom stereocenters. The molecule has 1 aliphatic rings. The zero-order chi connectivity index (χ0) is 15.5. The van der Waals surface area contributed by atoms with Gasteiger partial charge >= 0.3 is 0 Å². The van der Waals surface area contributed by atoms with Gasteiger partial charge in [0.25, 0.3) is 5.91 Å². The largest absolute Gasteiger partial charge is 0.334 e. The molecule has 1 N–H and O–H groups in total. The van der Waals surface area contributed by atoms with Crippen LogP contribution in [0.15, 0.2) is 18.2 Å². The molecule has 2 rings (SSSR count). The minimum absolute atomic E-state index is 0.278. The highest BCUT2D eigenvalue weighted by Gasteiger charge is 2.36. The number of rotatable bonds is 3. The van der Waals surface area contributed by atoms with E-state index >= 15 is 0 Å². The third-order valence-corrected chi connectivity index (χ3v) is 4.41. The summed E-state index contributed by atoms with van der Waals surface area (Å²) in [5.74, 6) is -0.158. The van der Waals surface area contributed by atoms with Gasteiger partial charge in [-0.15, -0.1) is 0 Å². The molecule has 0 saturated heterocycles. The number of hydrogen-bond acceptors (Lipinski definition) is 2. The van der Waals surface area contributed by atoms with Crippen molar-refractivity contribution in [1.82, 2.24) is 5.32 Å². The monoisotopic (exact) mass is 288 g/mol. The molecule has 1 saturated carbocycles. The van der Waals surface area contributed by atoms with Crippen LogP contribution in [0.5, 0.6) is 0 Å². The fraction of sp³-hybridized carbons (Fsp3) is 0.529. The van der Waals surface area contributed by atoms with Crippen LogP contribution in [0.2, 0.25) is 0 Å². The summed E-state index contributed by atoms with van der Waals surface area (Å²) in [6, 6.07) is 6.50. The van der Waals surface area contributed by atoms with Gasteiger partial charge in [0.1, 0.15) is 11.4 Å². The Morgan fingerprint density at radius 3 is 2.62 bits per heavy atom. The zero-order valence-electron chi connectivity index (χ0n) is 12.6. The summed E-state index contributed by atoms with van der Waals surface area (Å²) >= 11 is 0. The van der Waals surface area contributed by atoms with Crippen molar-refractivity contribution >= 4 is 5.91 Å². The number of amides is 1. The molecule has 0 spiro atoms. The van der Waals surface area contributed by atoms with Gasteiger partial charge in [-0.3, -0.25) is 4.79 Å².